The number of rotatable bonds is 5. The van der Waals surface area contributed by atoms with Crippen LogP contribution >= 0.6 is 22.9 Å². The molecule has 1 aromatic heterocycles. The van der Waals surface area contributed by atoms with Gasteiger partial charge in [0.25, 0.3) is 15.9 Å². The van der Waals surface area contributed by atoms with E-state index in [1.54, 1.807) is 6.07 Å². The van der Waals surface area contributed by atoms with Crippen LogP contribution in [0.3, 0.4) is 0 Å². The molecule has 0 fully saturated rings. The van der Waals surface area contributed by atoms with Gasteiger partial charge in [-0.3, -0.25) is 10.2 Å². The van der Waals surface area contributed by atoms with Crippen LogP contribution in [0.5, 0.6) is 0 Å². The van der Waals surface area contributed by atoms with Crippen molar-refractivity contribution in [3.63, 3.8) is 0 Å². The fourth-order valence-electron chi connectivity index (χ4n) is 2.93. The van der Waals surface area contributed by atoms with E-state index in [-0.39, 0.29) is 4.90 Å². The van der Waals surface area contributed by atoms with Gasteiger partial charge in [-0.15, -0.1) is 16.2 Å². The van der Waals surface area contributed by atoms with Gasteiger partial charge in [-0.05, 0) is 55.0 Å². The summed E-state index contributed by atoms with van der Waals surface area (Å²) in [5, 5.41) is 0.311. The highest BCUT2D eigenvalue weighted by Crippen LogP contribution is 2.33. The molecule has 3 rings (SSSR count). The standard InChI is InChI=1S/C17H19ClN2O3S2/c1-2-11-6-7-15-12(8-11)9-16(24-15)17(21)19-20-25(22,23)14-5-3-4-13(18)10-14/h3-5,9-11,20H,2,6-8H2,1H3,(H,19,21)/t11-/m1/s1. The van der Waals surface area contributed by atoms with Gasteiger partial charge < -0.3 is 0 Å². The van der Waals surface area contributed by atoms with Crippen molar-refractivity contribution >= 4 is 38.9 Å². The minimum atomic E-state index is -3.86. The Hall–Kier alpha value is -1.41. The Kier molecular flexibility index (Phi) is 5.48. The molecule has 0 saturated carbocycles. The van der Waals surface area contributed by atoms with Gasteiger partial charge in [0.1, 0.15) is 0 Å². The summed E-state index contributed by atoms with van der Waals surface area (Å²) in [5.41, 5.74) is 3.50. The maximum atomic E-state index is 12.3. The highest BCUT2D eigenvalue weighted by atomic mass is 35.5. The van der Waals surface area contributed by atoms with Crippen molar-refractivity contribution in [2.24, 2.45) is 5.92 Å². The van der Waals surface area contributed by atoms with Crippen LogP contribution in [0, 0.1) is 5.92 Å². The van der Waals surface area contributed by atoms with Gasteiger partial charge in [-0.25, -0.2) is 8.42 Å². The van der Waals surface area contributed by atoms with E-state index in [4.69, 9.17) is 11.6 Å². The molecule has 1 aliphatic carbocycles. The molecule has 0 aliphatic heterocycles. The Morgan fingerprint density at radius 2 is 2.16 bits per heavy atom. The molecule has 0 unspecified atom stereocenters. The predicted molar refractivity (Wildman–Crippen MR) is 99.4 cm³/mol. The Labute approximate surface area is 156 Å². The molecule has 5 nitrogen and oxygen atoms in total. The van der Waals surface area contributed by atoms with Crippen LogP contribution in [0.1, 0.15) is 39.9 Å². The molecule has 1 aromatic carbocycles. The third-order valence-electron chi connectivity index (χ3n) is 4.39. The smallest absolute Gasteiger partial charge is 0.273 e. The number of hydrogen-bond donors (Lipinski definition) is 2. The quantitative estimate of drug-likeness (QED) is 0.756. The molecule has 1 amide bonds. The number of sulfonamides is 1. The van der Waals surface area contributed by atoms with E-state index in [9.17, 15) is 13.2 Å². The lowest BCUT2D eigenvalue weighted by atomic mass is 9.87. The van der Waals surface area contributed by atoms with E-state index in [1.165, 1.54) is 40.0 Å². The van der Waals surface area contributed by atoms with E-state index < -0.39 is 15.9 Å². The van der Waals surface area contributed by atoms with Gasteiger partial charge in [-0.2, -0.15) is 0 Å². The zero-order valence-corrected chi connectivity index (χ0v) is 16.1. The number of aryl methyl sites for hydroxylation is 1. The second kappa shape index (κ2) is 7.45. The molecule has 134 valence electrons. The molecule has 0 saturated heterocycles. The molecular weight excluding hydrogens is 380 g/mol. The van der Waals surface area contributed by atoms with Crippen molar-refractivity contribution in [3.8, 4) is 0 Å². The number of halogens is 1. The number of nitrogens with one attached hydrogen (secondary N) is 2. The number of carbonyl (C=O) groups is 1. The average molecular weight is 399 g/mol. The number of carbonyl (C=O) groups excluding carboxylic acids is 1. The first-order valence-corrected chi connectivity index (χ1v) is 10.8. The highest BCUT2D eigenvalue weighted by Gasteiger charge is 2.23. The average Bonchev–Trinajstić information content (AvgIpc) is 3.03. The fraction of sp³-hybridized carbons (Fsp3) is 0.353. The van der Waals surface area contributed by atoms with Gasteiger partial charge in [0.05, 0.1) is 9.77 Å². The molecule has 1 aliphatic rings. The maximum absolute atomic E-state index is 12.3. The molecule has 1 atom stereocenters. The summed E-state index contributed by atoms with van der Waals surface area (Å²) < 4.78 is 24.4. The van der Waals surface area contributed by atoms with E-state index in [1.807, 2.05) is 6.07 Å². The molecule has 1 heterocycles. The maximum Gasteiger partial charge on any atom is 0.276 e. The summed E-state index contributed by atoms with van der Waals surface area (Å²) in [6.07, 6.45) is 4.26. The Bertz CT molecular complexity index is 893. The predicted octanol–water partition coefficient (Wildman–Crippen LogP) is 3.54. The summed E-state index contributed by atoms with van der Waals surface area (Å²) in [6.45, 7) is 2.18. The second-order valence-electron chi connectivity index (χ2n) is 6.09. The zero-order valence-electron chi connectivity index (χ0n) is 13.7. The van der Waals surface area contributed by atoms with Crippen LogP contribution in [-0.4, -0.2) is 14.3 Å². The number of amides is 1. The monoisotopic (exact) mass is 398 g/mol. The van der Waals surface area contributed by atoms with Crippen LogP contribution < -0.4 is 10.3 Å². The lowest BCUT2D eigenvalue weighted by molar-refractivity contribution is 0.0949. The Morgan fingerprint density at radius 3 is 2.88 bits per heavy atom. The molecule has 0 bridgehead atoms. The number of benzene rings is 1. The van der Waals surface area contributed by atoms with Crippen molar-refractivity contribution < 1.29 is 13.2 Å². The summed E-state index contributed by atoms with van der Waals surface area (Å²) in [4.78, 5) is 16.2. The number of thiophene rings is 1. The molecule has 8 heteroatoms. The van der Waals surface area contributed by atoms with Crippen LogP contribution in [0.25, 0.3) is 0 Å². The van der Waals surface area contributed by atoms with Gasteiger partial charge >= 0.3 is 0 Å². The van der Waals surface area contributed by atoms with E-state index in [0.717, 1.165) is 25.7 Å². The highest BCUT2D eigenvalue weighted by molar-refractivity contribution is 7.89. The van der Waals surface area contributed by atoms with Crippen molar-refractivity contribution in [3.05, 3.63) is 50.7 Å². The van der Waals surface area contributed by atoms with Crippen molar-refractivity contribution in [2.45, 2.75) is 37.5 Å². The van der Waals surface area contributed by atoms with Crippen molar-refractivity contribution in [1.29, 1.82) is 0 Å². The molecular formula is C17H19ClN2O3S2. The normalized spacial score (nSPS) is 17.1. The number of hydrazine groups is 1. The summed E-state index contributed by atoms with van der Waals surface area (Å²) in [7, 11) is -3.86. The SMILES string of the molecule is CC[C@@H]1CCc2sc(C(=O)NNS(=O)(=O)c3cccc(Cl)c3)cc2C1. The minimum Gasteiger partial charge on any atom is -0.273 e. The van der Waals surface area contributed by atoms with Crippen LogP contribution in [0.2, 0.25) is 5.02 Å². The first-order chi connectivity index (χ1) is 11.9. The molecule has 0 radical (unpaired) electrons. The van der Waals surface area contributed by atoms with Gasteiger partial charge in [-0.1, -0.05) is 31.0 Å². The van der Waals surface area contributed by atoms with E-state index >= 15 is 0 Å². The Balaban J connectivity index is 1.68. The lowest BCUT2D eigenvalue weighted by Crippen LogP contribution is -2.41. The summed E-state index contributed by atoms with van der Waals surface area (Å²) in [5.74, 6) is 0.220. The first-order valence-electron chi connectivity index (χ1n) is 8.08. The lowest BCUT2D eigenvalue weighted by Gasteiger charge is -2.19. The second-order valence-corrected chi connectivity index (χ2v) is 9.35. The minimum absolute atomic E-state index is 0.00318. The van der Waals surface area contributed by atoms with Crippen LogP contribution in [0.4, 0.5) is 0 Å². The van der Waals surface area contributed by atoms with E-state index in [0.29, 0.717) is 15.8 Å². The first kappa shape index (κ1) is 18.4. The van der Waals surface area contributed by atoms with Crippen molar-refractivity contribution in [2.75, 3.05) is 0 Å². The number of hydrogen-bond acceptors (Lipinski definition) is 4. The Morgan fingerprint density at radius 1 is 1.36 bits per heavy atom. The third-order valence-corrected chi connectivity index (χ3v) is 7.11. The van der Waals surface area contributed by atoms with Crippen molar-refractivity contribution in [1.82, 2.24) is 10.3 Å². The number of fused-ring (bicyclic) bond motifs is 1. The van der Waals surface area contributed by atoms with E-state index in [2.05, 4.69) is 17.2 Å². The molecule has 0 spiro atoms. The summed E-state index contributed by atoms with van der Waals surface area (Å²) in [6, 6.07) is 7.74. The van der Waals surface area contributed by atoms with Gasteiger partial charge in [0.15, 0.2) is 0 Å². The molecule has 2 N–H and O–H groups in total. The zero-order chi connectivity index (χ0) is 18.0. The molecule has 2 aromatic rings. The van der Waals surface area contributed by atoms with Gasteiger partial charge in [0, 0.05) is 9.90 Å². The summed E-state index contributed by atoms with van der Waals surface area (Å²) >= 11 is 7.25. The third kappa shape index (κ3) is 4.23. The largest absolute Gasteiger partial charge is 0.276 e. The topological polar surface area (TPSA) is 75.3 Å². The van der Waals surface area contributed by atoms with Crippen LogP contribution in [0.15, 0.2) is 35.2 Å². The fourth-order valence-corrected chi connectivity index (χ4v) is 5.17. The molecule has 25 heavy (non-hydrogen) atoms. The van der Waals surface area contributed by atoms with Gasteiger partial charge in [0.2, 0.25) is 0 Å². The van der Waals surface area contributed by atoms with Crippen LogP contribution in [-0.2, 0) is 22.9 Å².